The average molecular weight is 259 g/mol. The highest BCUT2D eigenvalue weighted by atomic mass is 32.2. The Kier molecular flexibility index (Phi) is 7.69. The van der Waals surface area contributed by atoms with E-state index in [-0.39, 0.29) is 5.97 Å². The van der Waals surface area contributed by atoms with E-state index in [9.17, 15) is 4.79 Å². The first-order valence-corrected chi connectivity index (χ1v) is 7.80. The van der Waals surface area contributed by atoms with Gasteiger partial charge in [0, 0.05) is 17.5 Å². The van der Waals surface area contributed by atoms with Gasteiger partial charge < -0.3 is 9.64 Å². The third-order valence-electron chi connectivity index (χ3n) is 2.94. The van der Waals surface area contributed by atoms with Crippen LogP contribution >= 0.6 is 11.8 Å². The van der Waals surface area contributed by atoms with Crippen molar-refractivity contribution < 1.29 is 9.53 Å². The molecule has 1 fully saturated rings. The maximum absolute atomic E-state index is 11.1. The quantitative estimate of drug-likeness (QED) is 0.627. The number of rotatable bonds is 8. The standard InChI is InChI=1S/C13H25NO2S/c1-3-6-14(7-4-2)8-10-17-12-5-9-16-13(15)11-12/h12H,3-11H2,1-2H3. The number of hydrogen-bond donors (Lipinski definition) is 0. The van der Waals surface area contributed by atoms with Gasteiger partial charge in [-0.15, -0.1) is 0 Å². The van der Waals surface area contributed by atoms with Crippen LogP contribution in [0.5, 0.6) is 0 Å². The molecule has 100 valence electrons. The number of esters is 1. The number of carbonyl (C=O) groups excluding carboxylic acids is 1. The topological polar surface area (TPSA) is 29.5 Å². The lowest BCUT2D eigenvalue weighted by molar-refractivity contribution is -0.146. The number of cyclic esters (lactones) is 1. The molecule has 0 aromatic carbocycles. The molecule has 1 aliphatic rings. The molecule has 0 N–H and O–H groups in total. The first kappa shape index (κ1) is 14.8. The van der Waals surface area contributed by atoms with Gasteiger partial charge in [-0.2, -0.15) is 11.8 Å². The van der Waals surface area contributed by atoms with Gasteiger partial charge in [0.2, 0.25) is 0 Å². The third kappa shape index (κ3) is 6.32. The summed E-state index contributed by atoms with van der Waals surface area (Å²) >= 11 is 1.94. The van der Waals surface area contributed by atoms with E-state index in [1.807, 2.05) is 11.8 Å². The molecule has 0 amide bonds. The summed E-state index contributed by atoms with van der Waals surface area (Å²) in [5.41, 5.74) is 0. The molecule has 1 aliphatic heterocycles. The average Bonchev–Trinajstić information content (AvgIpc) is 2.30. The van der Waals surface area contributed by atoms with Crippen LogP contribution in [0.1, 0.15) is 39.5 Å². The molecule has 1 unspecified atom stereocenters. The SMILES string of the molecule is CCCN(CCC)CCSC1CCOC(=O)C1. The zero-order chi connectivity index (χ0) is 12.5. The molecule has 0 radical (unpaired) electrons. The zero-order valence-electron chi connectivity index (χ0n) is 11.1. The Morgan fingerprint density at radius 2 is 2.00 bits per heavy atom. The molecule has 0 aromatic rings. The summed E-state index contributed by atoms with van der Waals surface area (Å²) in [5.74, 6) is 1.12. The summed E-state index contributed by atoms with van der Waals surface area (Å²) in [6.07, 6.45) is 4.07. The van der Waals surface area contributed by atoms with Gasteiger partial charge in [-0.25, -0.2) is 0 Å². The van der Waals surface area contributed by atoms with Gasteiger partial charge >= 0.3 is 5.97 Å². The predicted octanol–water partition coefficient (Wildman–Crippen LogP) is 2.55. The van der Waals surface area contributed by atoms with Gasteiger partial charge in [-0.3, -0.25) is 4.79 Å². The van der Waals surface area contributed by atoms with E-state index in [0.29, 0.717) is 18.3 Å². The second-order valence-electron chi connectivity index (χ2n) is 4.55. The van der Waals surface area contributed by atoms with Gasteiger partial charge in [-0.05, 0) is 32.4 Å². The highest BCUT2D eigenvalue weighted by Crippen LogP contribution is 2.22. The van der Waals surface area contributed by atoms with Crippen LogP contribution in [-0.4, -0.2) is 48.1 Å². The fraction of sp³-hybridized carbons (Fsp3) is 0.923. The number of ether oxygens (including phenoxy) is 1. The fourth-order valence-electron chi connectivity index (χ4n) is 2.11. The van der Waals surface area contributed by atoms with Crippen molar-refractivity contribution in [1.82, 2.24) is 4.90 Å². The molecule has 1 heterocycles. The van der Waals surface area contributed by atoms with E-state index in [1.54, 1.807) is 0 Å². The molecule has 0 spiro atoms. The predicted molar refractivity (Wildman–Crippen MR) is 73.5 cm³/mol. The van der Waals surface area contributed by atoms with Crippen molar-refractivity contribution in [3.05, 3.63) is 0 Å². The number of nitrogens with zero attached hydrogens (tertiary/aromatic N) is 1. The maximum atomic E-state index is 11.1. The number of thioether (sulfide) groups is 1. The van der Waals surface area contributed by atoms with E-state index >= 15 is 0 Å². The van der Waals surface area contributed by atoms with Crippen molar-refractivity contribution in [3.63, 3.8) is 0 Å². The fourth-order valence-corrected chi connectivity index (χ4v) is 3.32. The molecule has 17 heavy (non-hydrogen) atoms. The Bertz CT molecular complexity index is 217. The van der Waals surface area contributed by atoms with Gasteiger partial charge in [0.25, 0.3) is 0 Å². The normalized spacial score (nSPS) is 20.6. The monoisotopic (exact) mass is 259 g/mol. The van der Waals surface area contributed by atoms with Crippen LogP contribution in [0.25, 0.3) is 0 Å². The Morgan fingerprint density at radius 3 is 2.59 bits per heavy atom. The van der Waals surface area contributed by atoms with Crippen molar-refractivity contribution in [2.24, 2.45) is 0 Å². The summed E-state index contributed by atoms with van der Waals surface area (Å²) in [6, 6.07) is 0. The minimum absolute atomic E-state index is 0.0206. The molecule has 0 saturated carbocycles. The second-order valence-corrected chi connectivity index (χ2v) is 5.96. The molecule has 0 aliphatic carbocycles. The van der Waals surface area contributed by atoms with E-state index < -0.39 is 0 Å². The van der Waals surface area contributed by atoms with Crippen molar-refractivity contribution in [1.29, 1.82) is 0 Å². The van der Waals surface area contributed by atoms with Crippen molar-refractivity contribution in [3.8, 4) is 0 Å². The third-order valence-corrected chi connectivity index (χ3v) is 4.23. The highest BCUT2D eigenvalue weighted by molar-refractivity contribution is 7.99. The van der Waals surface area contributed by atoms with Crippen molar-refractivity contribution in [2.75, 3.05) is 32.0 Å². The van der Waals surface area contributed by atoms with Crippen molar-refractivity contribution in [2.45, 2.75) is 44.8 Å². The second kappa shape index (κ2) is 8.81. The van der Waals surface area contributed by atoms with Gasteiger partial charge in [0.05, 0.1) is 13.0 Å². The molecule has 3 nitrogen and oxygen atoms in total. The molecule has 0 aromatic heterocycles. The van der Waals surface area contributed by atoms with Crippen LogP contribution in [-0.2, 0) is 9.53 Å². The number of hydrogen-bond acceptors (Lipinski definition) is 4. The van der Waals surface area contributed by atoms with Crippen LogP contribution in [0, 0.1) is 0 Å². The van der Waals surface area contributed by atoms with Crippen LogP contribution in [0.4, 0.5) is 0 Å². The van der Waals surface area contributed by atoms with Crippen molar-refractivity contribution >= 4 is 17.7 Å². The largest absolute Gasteiger partial charge is 0.466 e. The summed E-state index contributed by atoms with van der Waals surface area (Å²) in [7, 11) is 0. The summed E-state index contributed by atoms with van der Waals surface area (Å²) in [5, 5.41) is 0.487. The Hall–Kier alpha value is -0.220. The van der Waals surface area contributed by atoms with Crippen LogP contribution in [0.2, 0.25) is 0 Å². The van der Waals surface area contributed by atoms with Crippen LogP contribution < -0.4 is 0 Å². The molecule has 1 rings (SSSR count). The first-order valence-electron chi connectivity index (χ1n) is 6.75. The number of carbonyl (C=O) groups is 1. The molecular formula is C13H25NO2S. The molecule has 0 bridgehead atoms. The van der Waals surface area contributed by atoms with E-state index in [1.165, 1.54) is 25.9 Å². The Morgan fingerprint density at radius 1 is 1.29 bits per heavy atom. The molecule has 4 heteroatoms. The molecule has 1 atom stereocenters. The van der Waals surface area contributed by atoms with Gasteiger partial charge in [-0.1, -0.05) is 13.8 Å². The van der Waals surface area contributed by atoms with Gasteiger partial charge in [0.1, 0.15) is 0 Å². The Balaban J connectivity index is 2.13. The lowest BCUT2D eigenvalue weighted by Crippen LogP contribution is -2.29. The van der Waals surface area contributed by atoms with Crippen LogP contribution in [0.3, 0.4) is 0 Å². The highest BCUT2D eigenvalue weighted by Gasteiger charge is 2.20. The summed E-state index contributed by atoms with van der Waals surface area (Å²) in [4.78, 5) is 13.7. The first-order chi connectivity index (χ1) is 8.26. The summed E-state index contributed by atoms with van der Waals surface area (Å²) < 4.78 is 4.95. The minimum Gasteiger partial charge on any atom is -0.466 e. The lowest BCUT2D eigenvalue weighted by atomic mass is 10.2. The maximum Gasteiger partial charge on any atom is 0.306 e. The van der Waals surface area contributed by atoms with E-state index in [2.05, 4.69) is 18.7 Å². The molecule has 1 saturated heterocycles. The smallest absolute Gasteiger partial charge is 0.306 e. The lowest BCUT2D eigenvalue weighted by Gasteiger charge is -2.24. The summed E-state index contributed by atoms with van der Waals surface area (Å²) in [6.45, 7) is 8.62. The van der Waals surface area contributed by atoms with Crippen LogP contribution in [0.15, 0.2) is 0 Å². The zero-order valence-corrected chi connectivity index (χ0v) is 11.9. The van der Waals surface area contributed by atoms with Gasteiger partial charge in [0.15, 0.2) is 0 Å². The molecular weight excluding hydrogens is 234 g/mol. The van der Waals surface area contributed by atoms with E-state index in [4.69, 9.17) is 4.74 Å². The Labute approximate surface area is 109 Å². The minimum atomic E-state index is -0.0206. The van der Waals surface area contributed by atoms with E-state index in [0.717, 1.165) is 18.7 Å².